The number of rotatable bonds is 4. The van der Waals surface area contributed by atoms with Crippen molar-refractivity contribution in [2.24, 2.45) is 0 Å². The second kappa shape index (κ2) is 3.86. The van der Waals surface area contributed by atoms with Crippen molar-refractivity contribution in [1.82, 2.24) is 9.55 Å². The molecule has 7 heteroatoms. The summed E-state index contributed by atoms with van der Waals surface area (Å²) in [6.45, 7) is 2.08. The molecule has 1 rings (SSSR count). The third kappa shape index (κ3) is 1.70. The van der Waals surface area contributed by atoms with E-state index in [2.05, 4.69) is 4.98 Å². The molecule has 0 unspecified atom stereocenters. The second-order valence-electron chi connectivity index (χ2n) is 2.65. The van der Waals surface area contributed by atoms with Crippen molar-refractivity contribution in [1.29, 1.82) is 0 Å². The van der Waals surface area contributed by atoms with Crippen LogP contribution in [0, 0.1) is 10.1 Å². The normalized spacial score (nSPS) is 10.1. The summed E-state index contributed by atoms with van der Waals surface area (Å²) in [5, 5.41) is 19.2. The molecule has 1 aromatic rings. The van der Waals surface area contributed by atoms with E-state index in [1.165, 1.54) is 0 Å². The van der Waals surface area contributed by atoms with Crippen LogP contribution in [0.1, 0.15) is 24.0 Å². The molecule has 76 valence electrons. The molecule has 0 amide bonds. The Bertz CT molecular complexity index is 340. The molecular weight excluding hydrogens is 190 g/mol. The van der Waals surface area contributed by atoms with Crippen LogP contribution in [-0.2, 0) is 6.54 Å². The van der Waals surface area contributed by atoms with Gasteiger partial charge >= 0.3 is 17.6 Å². The Labute approximate surface area is 79.1 Å². The number of carboxylic acids is 1. The summed E-state index contributed by atoms with van der Waals surface area (Å²) >= 11 is 0. The topological polar surface area (TPSA) is 98.3 Å². The van der Waals surface area contributed by atoms with Crippen LogP contribution in [0.2, 0.25) is 0 Å². The van der Waals surface area contributed by atoms with Crippen LogP contribution in [-0.4, -0.2) is 25.6 Å². The van der Waals surface area contributed by atoms with Gasteiger partial charge in [0.2, 0.25) is 0 Å². The molecule has 0 aliphatic heterocycles. The number of nitrogens with zero attached hydrogens (tertiary/aromatic N) is 3. The van der Waals surface area contributed by atoms with Crippen LogP contribution in [0.5, 0.6) is 0 Å². The number of aromatic nitrogens is 2. The summed E-state index contributed by atoms with van der Waals surface area (Å²) in [4.78, 5) is 23.9. The molecule has 0 aliphatic rings. The third-order valence-corrected chi connectivity index (χ3v) is 1.66. The van der Waals surface area contributed by atoms with E-state index in [0.717, 1.165) is 10.8 Å². The molecule has 1 aromatic heterocycles. The van der Waals surface area contributed by atoms with Crippen molar-refractivity contribution in [3.63, 3.8) is 0 Å². The Morgan fingerprint density at radius 3 is 2.86 bits per heavy atom. The monoisotopic (exact) mass is 199 g/mol. The molecule has 0 saturated heterocycles. The molecule has 0 saturated carbocycles. The van der Waals surface area contributed by atoms with Crippen LogP contribution < -0.4 is 0 Å². The molecule has 0 atom stereocenters. The van der Waals surface area contributed by atoms with E-state index in [9.17, 15) is 14.9 Å². The molecule has 0 radical (unpaired) electrons. The maximum Gasteiger partial charge on any atom is 0.396 e. The van der Waals surface area contributed by atoms with Crippen molar-refractivity contribution < 1.29 is 14.8 Å². The average molecular weight is 199 g/mol. The molecule has 0 fully saturated rings. The SMILES string of the molecule is CCCn1c([N+](=O)[O-])cnc1C(=O)O. The summed E-state index contributed by atoms with van der Waals surface area (Å²) in [6.07, 6.45) is 1.57. The highest BCUT2D eigenvalue weighted by atomic mass is 16.6. The Hall–Kier alpha value is -1.92. The van der Waals surface area contributed by atoms with Gasteiger partial charge in [0.25, 0.3) is 0 Å². The van der Waals surface area contributed by atoms with E-state index < -0.39 is 10.9 Å². The van der Waals surface area contributed by atoms with Crippen LogP contribution >= 0.6 is 0 Å². The predicted molar refractivity (Wildman–Crippen MR) is 46.1 cm³/mol. The van der Waals surface area contributed by atoms with Gasteiger partial charge in [0.05, 0.1) is 6.54 Å². The summed E-state index contributed by atoms with van der Waals surface area (Å²) in [5.74, 6) is -1.84. The second-order valence-corrected chi connectivity index (χ2v) is 2.65. The van der Waals surface area contributed by atoms with Gasteiger partial charge in [0, 0.05) is 0 Å². The number of carboxylic acid groups (broad SMARTS) is 1. The molecule has 0 bridgehead atoms. The van der Waals surface area contributed by atoms with Crippen molar-refractivity contribution in [3.8, 4) is 0 Å². The Balaban J connectivity index is 3.19. The van der Waals surface area contributed by atoms with Gasteiger partial charge in [0.15, 0.2) is 0 Å². The van der Waals surface area contributed by atoms with E-state index in [1.54, 1.807) is 6.92 Å². The average Bonchev–Trinajstić information content (AvgIpc) is 2.48. The maximum absolute atomic E-state index is 10.6. The van der Waals surface area contributed by atoms with E-state index >= 15 is 0 Å². The largest absolute Gasteiger partial charge is 0.474 e. The molecule has 0 aromatic carbocycles. The number of nitro groups is 1. The van der Waals surface area contributed by atoms with Gasteiger partial charge in [-0.05, 0) is 11.3 Å². The summed E-state index contributed by atoms with van der Waals surface area (Å²) in [5.41, 5.74) is 0. The van der Waals surface area contributed by atoms with Crippen LogP contribution in [0.4, 0.5) is 5.82 Å². The minimum Gasteiger partial charge on any atom is -0.474 e. The van der Waals surface area contributed by atoms with Crippen molar-refractivity contribution in [2.75, 3.05) is 0 Å². The molecule has 1 heterocycles. The van der Waals surface area contributed by atoms with Crippen molar-refractivity contribution >= 4 is 11.8 Å². The van der Waals surface area contributed by atoms with Crippen molar-refractivity contribution in [3.05, 3.63) is 22.1 Å². The van der Waals surface area contributed by atoms with Gasteiger partial charge < -0.3 is 15.2 Å². The van der Waals surface area contributed by atoms with E-state index in [-0.39, 0.29) is 18.2 Å². The number of carbonyl (C=O) groups is 1. The molecule has 1 N–H and O–H groups in total. The first kappa shape index (κ1) is 10.2. The highest BCUT2D eigenvalue weighted by Crippen LogP contribution is 2.14. The van der Waals surface area contributed by atoms with Gasteiger partial charge in [-0.15, -0.1) is 0 Å². The van der Waals surface area contributed by atoms with Gasteiger partial charge in [-0.1, -0.05) is 6.92 Å². The van der Waals surface area contributed by atoms with E-state index in [0.29, 0.717) is 6.42 Å². The fraction of sp³-hybridized carbons (Fsp3) is 0.429. The fourth-order valence-electron chi connectivity index (χ4n) is 1.13. The molecule has 0 spiro atoms. The quantitative estimate of drug-likeness (QED) is 0.573. The van der Waals surface area contributed by atoms with Gasteiger partial charge in [-0.25, -0.2) is 14.3 Å². The zero-order chi connectivity index (χ0) is 10.7. The lowest BCUT2D eigenvalue weighted by Gasteiger charge is -1.99. The highest BCUT2D eigenvalue weighted by Gasteiger charge is 2.24. The van der Waals surface area contributed by atoms with E-state index in [4.69, 9.17) is 5.11 Å². The van der Waals surface area contributed by atoms with Crippen molar-refractivity contribution in [2.45, 2.75) is 19.9 Å². The molecule has 0 aliphatic carbocycles. The van der Waals surface area contributed by atoms with Gasteiger partial charge in [0.1, 0.15) is 6.20 Å². The van der Waals surface area contributed by atoms with Gasteiger partial charge in [-0.2, -0.15) is 0 Å². The molecule has 7 nitrogen and oxygen atoms in total. The minimum atomic E-state index is -1.26. The lowest BCUT2D eigenvalue weighted by Crippen LogP contribution is -2.11. The smallest absolute Gasteiger partial charge is 0.396 e. The lowest BCUT2D eigenvalue weighted by molar-refractivity contribution is -0.392. The molecule has 14 heavy (non-hydrogen) atoms. The van der Waals surface area contributed by atoms with Crippen LogP contribution in [0.3, 0.4) is 0 Å². The summed E-state index contributed by atoms with van der Waals surface area (Å²) in [7, 11) is 0. The Morgan fingerprint density at radius 1 is 1.79 bits per heavy atom. The van der Waals surface area contributed by atoms with Gasteiger partial charge in [-0.3, -0.25) is 0 Å². The summed E-state index contributed by atoms with van der Waals surface area (Å²) in [6, 6.07) is 0. The van der Waals surface area contributed by atoms with E-state index in [1.807, 2.05) is 0 Å². The number of aromatic carboxylic acids is 1. The maximum atomic E-state index is 10.6. The Kier molecular flexibility index (Phi) is 2.80. The Morgan fingerprint density at radius 2 is 2.43 bits per heavy atom. The predicted octanol–water partition coefficient (Wildman–Crippen LogP) is 0.899. The first-order chi connectivity index (χ1) is 6.57. The minimum absolute atomic E-state index is 0.276. The number of hydrogen-bond donors (Lipinski definition) is 1. The van der Waals surface area contributed by atoms with Crippen LogP contribution in [0.25, 0.3) is 0 Å². The lowest BCUT2D eigenvalue weighted by atomic mass is 10.4. The number of hydrogen-bond acceptors (Lipinski definition) is 4. The number of imidazole rings is 1. The first-order valence-corrected chi connectivity index (χ1v) is 4.01. The highest BCUT2D eigenvalue weighted by molar-refractivity contribution is 5.84. The first-order valence-electron chi connectivity index (χ1n) is 4.01. The van der Waals surface area contributed by atoms with Crippen LogP contribution in [0.15, 0.2) is 6.20 Å². The molecular formula is C7H9N3O4. The fourth-order valence-corrected chi connectivity index (χ4v) is 1.13. The zero-order valence-corrected chi connectivity index (χ0v) is 7.51. The zero-order valence-electron chi connectivity index (χ0n) is 7.51. The third-order valence-electron chi connectivity index (χ3n) is 1.66. The standard InChI is InChI=1S/C7H9N3O4/c1-2-3-9-5(10(13)14)4-8-6(9)7(11)12/h4H,2-3H2,1H3,(H,11,12). The summed E-state index contributed by atoms with van der Waals surface area (Å²) < 4.78 is 1.09.